The first-order valence-electron chi connectivity index (χ1n) is 4.02. The molecule has 1 aromatic rings. The number of rotatable bonds is 2. The predicted octanol–water partition coefficient (Wildman–Crippen LogP) is 1.22. The van der Waals surface area contributed by atoms with E-state index >= 15 is 0 Å². The fourth-order valence-electron chi connectivity index (χ4n) is 1.09. The van der Waals surface area contributed by atoms with Crippen LogP contribution in [0.3, 0.4) is 0 Å². The largest absolute Gasteiger partial charge is 0.368 e. The molecule has 1 saturated heterocycles. The molecule has 1 aromatic heterocycles. The zero-order valence-corrected chi connectivity index (χ0v) is 7.32. The smallest absolute Gasteiger partial charge is 0.127 e. The zero-order valence-electron chi connectivity index (χ0n) is 7.32. The van der Waals surface area contributed by atoms with Gasteiger partial charge in [0.2, 0.25) is 0 Å². The summed E-state index contributed by atoms with van der Waals surface area (Å²) in [7, 11) is 3.96. The molecule has 0 aromatic carbocycles. The van der Waals surface area contributed by atoms with Crippen molar-refractivity contribution in [3.05, 3.63) is 23.9 Å². The molecule has 0 spiro atoms. The van der Waals surface area contributed by atoms with E-state index in [-0.39, 0.29) is 0 Å². The monoisotopic (exact) mass is 164 g/mol. The van der Waals surface area contributed by atoms with E-state index in [1.165, 1.54) is 5.56 Å². The van der Waals surface area contributed by atoms with Crippen molar-refractivity contribution in [1.29, 1.82) is 0 Å². The third-order valence-corrected chi connectivity index (χ3v) is 1.93. The average molecular weight is 164 g/mol. The Morgan fingerprint density at radius 3 is 2.67 bits per heavy atom. The van der Waals surface area contributed by atoms with Crippen LogP contribution in [0.25, 0.3) is 0 Å². The summed E-state index contributed by atoms with van der Waals surface area (Å²) < 4.78 is 5.14. The van der Waals surface area contributed by atoms with Crippen molar-refractivity contribution in [3.8, 4) is 0 Å². The topological polar surface area (TPSA) is 28.7 Å². The average Bonchev–Trinajstić information content (AvgIpc) is 2.87. The Bertz CT molecular complexity index is 243. The van der Waals surface area contributed by atoms with Gasteiger partial charge in [-0.25, -0.2) is 4.98 Å². The molecule has 0 N–H and O–H groups in total. The van der Waals surface area contributed by atoms with Gasteiger partial charge < -0.3 is 9.64 Å². The molecule has 1 fully saturated rings. The summed E-state index contributed by atoms with van der Waals surface area (Å²) in [5, 5.41) is 0. The van der Waals surface area contributed by atoms with Crippen molar-refractivity contribution in [2.24, 2.45) is 0 Å². The lowest BCUT2D eigenvalue weighted by molar-refractivity contribution is 0.415. The maximum atomic E-state index is 5.14. The Kier molecular flexibility index (Phi) is 1.73. The molecule has 0 aliphatic carbocycles. The molecule has 3 heteroatoms. The number of epoxide rings is 1. The van der Waals surface area contributed by atoms with Gasteiger partial charge in [0, 0.05) is 25.9 Å². The molecule has 64 valence electrons. The second kappa shape index (κ2) is 2.75. The highest BCUT2D eigenvalue weighted by Crippen LogP contribution is 2.29. The van der Waals surface area contributed by atoms with Crippen LogP contribution >= 0.6 is 0 Å². The summed E-state index contributed by atoms with van der Waals surface area (Å²) >= 11 is 0. The van der Waals surface area contributed by atoms with Gasteiger partial charge in [-0.2, -0.15) is 0 Å². The first-order chi connectivity index (χ1) is 5.77. The maximum absolute atomic E-state index is 5.14. The molecule has 3 nitrogen and oxygen atoms in total. The Hall–Kier alpha value is -1.09. The number of hydrogen-bond acceptors (Lipinski definition) is 3. The second-order valence-corrected chi connectivity index (χ2v) is 3.17. The van der Waals surface area contributed by atoms with Crippen LogP contribution in [0.5, 0.6) is 0 Å². The van der Waals surface area contributed by atoms with E-state index in [0.717, 1.165) is 12.4 Å². The van der Waals surface area contributed by atoms with Crippen LogP contribution in [0.4, 0.5) is 5.82 Å². The molecule has 2 heterocycles. The number of aromatic nitrogens is 1. The molecule has 0 unspecified atom stereocenters. The van der Waals surface area contributed by atoms with Gasteiger partial charge in [-0.15, -0.1) is 0 Å². The van der Waals surface area contributed by atoms with Crippen LogP contribution in [-0.4, -0.2) is 25.7 Å². The predicted molar refractivity (Wildman–Crippen MR) is 47.3 cm³/mol. The summed E-state index contributed by atoms with van der Waals surface area (Å²) in [4.78, 5) is 6.27. The summed E-state index contributed by atoms with van der Waals surface area (Å²) in [5.74, 6) is 0.986. The molecule has 12 heavy (non-hydrogen) atoms. The van der Waals surface area contributed by atoms with E-state index in [2.05, 4.69) is 11.1 Å². The molecule has 2 rings (SSSR count). The number of anilines is 1. The molecule has 0 radical (unpaired) electrons. The number of hydrogen-bond donors (Lipinski definition) is 0. The van der Waals surface area contributed by atoms with Crippen LogP contribution < -0.4 is 4.90 Å². The van der Waals surface area contributed by atoms with Gasteiger partial charge >= 0.3 is 0 Å². The van der Waals surface area contributed by atoms with Crippen LogP contribution in [-0.2, 0) is 4.74 Å². The molecule has 1 atom stereocenters. The van der Waals surface area contributed by atoms with Gasteiger partial charge in [-0.1, -0.05) is 6.07 Å². The Balaban J connectivity index is 2.18. The molecule has 0 saturated carbocycles. The van der Waals surface area contributed by atoms with Crippen LogP contribution in [0.2, 0.25) is 0 Å². The minimum Gasteiger partial charge on any atom is -0.368 e. The first-order valence-corrected chi connectivity index (χ1v) is 4.02. The van der Waals surface area contributed by atoms with Crippen LogP contribution in [0.15, 0.2) is 18.3 Å². The third kappa shape index (κ3) is 1.41. The van der Waals surface area contributed by atoms with Crippen molar-refractivity contribution >= 4 is 5.82 Å². The number of ether oxygens (including phenoxy) is 1. The van der Waals surface area contributed by atoms with Crippen molar-refractivity contribution in [3.63, 3.8) is 0 Å². The quantitative estimate of drug-likeness (QED) is 0.615. The third-order valence-electron chi connectivity index (χ3n) is 1.93. The summed E-state index contributed by atoms with van der Waals surface area (Å²) in [5.41, 5.74) is 1.18. The highest BCUT2D eigenvalue weighted by molar-refractivity contribution is 5.37. The van der Waals surface area contributed by atoms with Crippen molar-refractivity contribution < 1.29 is 4.74 Å². The SMILES string of the molecule is CN(C)c1ccc([C@@H]2CO2)cn1. The molecule has 0 bridgehead atoms. The van der Waals surface area contributed by atoms with Crippen molar-refractivity contribution in [1.82, 2.24) is 4.98 Å². The minimum absolute atomic E-state index is 0.314. The Labute approximate surface area is 72.0 Å². The van der Waals surface area contributed by atoms with Crippen LogP contribution in [0.1, 0.15) is 11.7 Å². The van der Waals surface area contributed by atoms with E-state index in [0.29, 0.717) is 6.10 Å². The fourth-order valence-corrected chi connectivity index (χ4v) is 1.09. The highest BCUT2D eigenvalue weighted by Gasteiger charge is 2.24. The zero-order chi connectivity index (χ0) is 8.55. The van der Waals surface area contributed by atoms with E-state index in [4.69, 9.17) is 4.74 Å². The summed E-state index contributed by atoms with van der Waals surface area (Å²) in [6, 6.07) is 4.08. The number of pyridine rings is 1. The molecule has 0 amide bonds. The second-order valence-electron chi connectivity index (χ2n) is 3.17. The minimum atomic E-state index is 0.314. The van der Waals surface area contributed by atoms with Gasteiger partial charge in [-0.05, 0) is 6.07 Å². The Morgan fingerprint density at radius 2 is 2.25 bits per heavy atom. The molecular weight excluding hydrogens is 152 g/mol. The van der Waals surface area contributed by atoms with E-state index < -0.39 is 0 Å². The standard InChI is InChI=1S/C9H12N2O/c1-11(2)9-4-3-7(5-10-9)8-6-12-8/h3-5,8H,6H2,1-2H3/t8-/m0/s1. The first kappa shape index (κ1) is 7.55. The molecule has 1 aliphatic heterocycles. The fraction of sp³-hybridized carbons (Fsp3) is 0.444. The maximum Gasteiger partial charge on any atom is 0.127 e. The van der Waals surface area contributed by atoms with Gasteiger partial charge in [-0.3, -0.25) is 0 Å². The highest BCUT2D eigenvalue weighted by atomic mass is 16.6. The van der Waals surface area contributed by atoms with Gasteiger partial charge in [0.15, 0.2) is 0 Å². The van der Waals surface area contributed by atoms with Crippen molar-refractivity contribution in [2.75, 3.05) is 25.6 Å². The molecule has 1 aliphatic rings. The number of nitrogens with zero attached hydrogens (tertiary/aromatic N) is 2. The van der Waals surface area contributed by atoms with Gasteiger partial charge in [0.25, 0.3) is 0 Å². The summed E-state index contributed by atoms with van der Waals surface area (Å²) in [6.07, 6.45) is 2.20. The lowest BCUT2D eigenvalue weighted by atomic mass is 10.2. The van der Waals surface area contributed by atoms with Crippen LogP contribution in [0, 0.1) is 0 Å². The summed E-state index contributed by atoms with van der Waals surface area (Å²) in [6.45, 7) is 0.850. The van der Waals surface area contributed by atoms with Gasteiger partial charge in [0.1, 0.15) is 11.9 Å². The van der Waals surface area contributed by atoms with Gasteiger partial charge in [0.05, 0.1) is 6.61 Å². The van der Waals surface area contributed by atoms with E-state index in [9.17, 15) is 0 Å². The lowest BCUT2D eigenvalue weighted by Crippen LogP contribution is -2.10. The van der Waals surface area contributed by atoms with E-state index in [1.807, 2.05) is 31.3 Å². The van der Waals surface area contributed by atoms with Crippen molar-refractivity contribution in [2.45, 2.75) is 6.10 Å². The lowest BCUT2D eigenvalue weighted by Gasteiger charge is -2.10. The van der Waals surface area contributed by atoms with E-state index in [1.54, 1.807) is 0 Å². The Morgan fingerprint density at radius 1 is 1.50 bits per heavy atom. The molecular formula is C9H12N2O. The normalized spacial score (nSPS) is 20.7.